The molecule has 2 nitrogen and oxygen atoms in total. The van der Waals surface area contributed by atoms with Crippen LogP contribution in [0.2, 0.25) is 0 Å². The Kier molecular flexibility index (Phi) is 4.40. The van der Waals surface area contributed by atoms with Crippen molar-refractivity contribution in [1.82, 2.24) is 5.32 Å². The molecule has 0 bridgehead atoms. The van der Waals surface area contributed by atoms with Crippen molar-refractivity contribution in [3.05, 3.63) is 32.9 Å². The van der Waals surface area contributed by atoms with E-state index in [1.54, 1.807) is 0 Å². The third-order valence-corrected chi connectivity index (χ3v) is 7.97. The van der Waals surface area contributed by atoms with E-state index in [4.69, 9.17) is 0 Å². The molecule has 1 N–H and O–H groups in total. The normalized spacial score (nSPS) is 17.1. The molecular formula is C12H20INO. The fourth-order valence-corrected chi connectivity index (χ4v) is 6.58. The average Bonchev–Trinajstić information content (AvgIpc) is 2.18. The van der Waals surface area contributed by atoms with Crippen molar-refractivity contribution in [3.63, 3.8) is 0 Å². The van der Waals surface area contributed by atoms with Gasteiger partial charge in [-0.3, -0.25) is 0 Å². The number of hydrogen-bond donors (Lipinski definition) is 1. The summed E-state index contributed by atoms with van der Waals surface area (Å²) in [5.41, 5.74) is 2.35. The van der Waals surface area contributed by atoms with Gasteiger partial charge in [0.25, 0.3) is 0 Å². The average molecular weight is 321 g/mol. The first-order valence-corrected chi connectivity index (χ1v) is 10.8. The Labute approximate surface area is 96.4 Å². The van der Waals surface area contributed by atoms with Gasteiger partial charge in [0.1, 0.15) is 0 Å². The molecule has 0 aliphatic rings. The molecule has 0 amide bonds. The molecule has 0 aromatic heterocycles. The Morgan fingerprint density at radius 2 is 2.00 bits per heavy atom. The van der Waals surface area contributed by atoms with E-state index in [0.29, 0.717) is 4.55 Å². The first-order chi connectivity index (χ1) is 6.97. The summed E-state index contributed by atoms with van der Waals surface area (Å²) in [6.07, 6.45) is 0. The van der Waals surface area contributed by atoms with Crippen molar-refractivity contribution >= 4 is 18.4 Å². The second-order valence-corrected chi connectivity index (χ2v) is 11.2. The van der Waals surface area contributed by atoms with Crippen LogP contribution in [-0.2, 0) is 3.07 Å². The molecule has 0 radical (unpaired) electrons. The van der Waals surface area contributed by atoms with Crippen LogP contribution in [0.4, 0.5) is 0 Å². The predicted octanol–water partition coefficient (Wildman–Crippen LogP) is 3.06. The second-order valence-electron chi connectivity index (χ2n) is 3.92. The van der Waals surface area contributed by atoms with Crippen LogP contribution in [0, 0.1) is 17.4 Å². The molecule has 15 heavy (non-hydrogen) atoms. The fourth-order valence-electron chi connectivity index (χ4n) is 1.48. The van der Waals surface area contributed by atoms with Gasteiger partial charge in [-0.05, 0) is 0 Å². The Hall–Kier alpha value is -0.290. The summed E-state index contributed by atoms with van der Waals surface area (Å²) in [6.45, 7) is 7.01. The molecule has 1 atom stereocenters. The third kappa shape index (κ3) is 3.34. The van der Waals surface area contributed by atoms with Gasteiger partial charge in [0.15, 0.2) is 0 Å². The van der Waals surface area contributed by atoms with E-state index in [0.717, 1.165) is 15.7 Å². The van der Waals surface area contributed by atoms with Crippen molar-refractivity contribution < 1.29 is 3.07 Å². The second kappa shape index (κ2) is 5.16. The molecule has 0 saturated carbocycles. The topological polar surface area (TPSA) is 29.1 Å². The molecule has 86 valence electrons. The summed E-state index contributed by atoms with van der Waals surface area (Å²) in [5.74, 6) is 0. The van der Waals surface area contributed by atoms with Crippen LogP contribution >= 0.6 is 18.4 Å². The molecular weight excluding hydrogens is 301 g/mol. The van der Waals surface area contributed by atoms with Crippen LogP contribution in [0.5, 0.6) is 0 Å². The van der Waals surface area contributed by atoms with Gasteiger partial charge in [0, 0.05) is 0 Å². The van der Waals surface area contributed by atoms with Gasteiger partial charge in [-0.15, -0.1) is 0 Å². The SMILES string of the molecule is CCNCI(C)(=O)c1cc(C)ccc1C. The van der Waals surface area contributed by atoms with Gasteiger partial charge >= 0.3 is 96.5 Å². The van der Waals surface area contributed by atoms with E-state index in [2.05, 4.69) is 23.5 Å². The van der Waals surface area contributed by atoms with Crippen LogP contribution in [0.15, 0.2) is 18.2 Å². The first kappa shape index (κ1) is 12.8. The van der Waals surface area contributed by atoms with Gasteiger partial charge in [0.05, 0.1) is 0 Å². The number of rotatable bonds is 4. The maximum absolute atomic E-state index is 12.6. The molecule has 0 fully saturated rings. The zero-order chi connectivity index (χ0) is 11.5. The summed E-state index contributed by atoms with van der Waals surface area (Å²) in [5, 5.41) is 3.20. The number of alkyl halides is 2. The number of nitrogens with one attached hydrogen (secondary N) is 1. The Balaban J connectivity index is 3.03. The zero-order valence-corrected chi connectivity index (χ0v) is 12.1. The molecule has 0 aliphatic heterocycles. The number of hydrogen-bond acceptors (Lipinski definition) is 2. The van der Waals surface area contributed by atoms with Crippen molar-refractivity contribution in [2.24, 2.45) is 0 Å². The van der Waals surface area contributed by atoms with Crippen molar-refractivity contribution in [3.8, 4) is 0 Å². The molecule has 1 aromatic carbocycles. The monoisotopic (exact) mass is 321 g/mol. The van der Waals surface area contributed by atoms with Gasteiger partial charge in [-0.1, -0.05) is 0 Å². The summed E-state index contributed by atoms with van der Waals surface area (Å²) in [4.78, 5) is 1.93. The van der Waals surface area contributed by atoms with Gasteiger partial charge in [-0.25, -0.2) is 0 Å². The third-order valence-electron chi connectivity index (χ3n) is 2.36. The fraction of sp³-hybridized carbons (Fsp3) is 0.500. The van der Waals surface area contributed by atoms with E-state index in [1.165, 1.54) is 5.56 Å². The first-order valence-electron chi connectivity index (χ1n) is 5.14. The number of halogens is 1. The molecule has 0 spiro atoms. The summed E-state index contributed by atoms with van der Waals surface area (Å²) in [7, 11) is 0. The number of aryl methyl sites for hydroxylation is 2. The Morgan fingerprint density at radius 3 is 2.60 bits per heavy atom. The van der Waals surface area contributed by atoms with E-state index in [1.807, 2.05) is 25.7 Å². The summed E-state index contributed by atoms with van der Waals surface area (Å²) >= 11 is -2.98. The minimum absolute atomic E-state index is 0.660. The van der Waals surface area contributed by atoms with E-state index in [9.17, 15) is 3.07 Å². The predicted molar refractivity (Wildman–Crippen MR) is 73.8 cm³/mol. The van der Waals surface area contributed by atoms with Gasteiger partial charge in [0.2, 0.25) is 0 Å². The summed E-state index contributed by atoms with van der Waals surface area (Å²) in [6, 6.07) is 6.22. The molecule has 1 rings (SSSR count). The van der Waals surface area contributed by atoms with Crippen molar-refractivity contribution in [2.75, 3.05) is 16.0 Å². The van der Waals surface area contributed by atoms with Crippen molar-refractivity contribution in [1.29, 1.82) is 0 Å². The maximum atomic E-state index is 12.6. The van der Waals surface area contributed by atoms with Crippen LogP contribution in [0.1, 0.15) is 18.1 Å². The quantitative estimate of drug-likeness (QED) is 0.525. The van der Waals surface area contributed by atoms with Gasteiger partial charge in [-0.2, -0.15) is 0 Å². The van der Waals surface area contributed by atoms with Crippen molar-refractivity contribution in [2.45, 2.75) is 20.8 Å². The number of benzene rings is 1. The van der Waals surface area contributed by atoms with E-state index in [-0.39, 0.29) is 0 Å². The summed E-state index contributed by atoms with van der Waals surface area (Å²) < 4.78 is 14.3. The minimum atomic E-state index is -2.98. The van der Waals surface area contributed by atoms with Crippen LogP contribution in [0.25, 0.3) is 0 Å². The molecule has 0 saturated heterocycles. The molecule has 0 aliphatic carbocycles. The van der Waals surface area contributed by atoms with Crippen LogP contribution < -0.4 is 5.32 Å². The zero-order valence-electron chi connectivity index (χ0n) is 9.93. The standard InChI is InChI=1S/C12H20INO/c1-5-14-9-13(4,15)12-8-10(2)6-7-11(12)3/h6-8,14H,5,9H2,1-4H3. The van der Waals surface area contributed by atoms with E-state index < -0.39 is 18.4 Å². The van der Waals surface area contributed by atoms with Gasteiger partial charge < -0.3 is 0 Å². The van der Waals surface area contributed by atoms with Crippen LogP contribution in [0.3, 0.4) is 0 Å². The van der Waals surface area contributed by atoms with Crippen LogP contribution in [-0.4, -0.2) is 16.0 Å². The Bertz CT molecular complexity index is 387. The molecule has 0 heterocycles. The van der Waals surface area contributed by atoms with E-state index >= 15 is 0 Å². The molecule has 3 heteroatoms. The Morgan fingerprint density at radius 1 is 1.33 bits per heavy atom. The molecule has 1 aromatic rings. The molecule has 1 unspecified atom stereocenters.